The molecule has 0 bridgehead atoms. The molecule has 0 fully saturated rings. The Morgan fingerprint density at radius 3 is 0.842 bits per heavy atom. The molecular formula is C36H70O2. The third-order valence-electron chi connectivity index (χ3n) is 8.82. The van der Waals surface area contributed by atoms with Gasteiger partial charge in [0.2, 0.25) is 0 Å². The van der Waals surface area contributed by atoms with Crippen molar-refractivity contribution in [2.75, 3.05) is 0 Å². The fourth-order valence-corrected chi connectivity index (χ4v) is 6.29. The number of aldehydes is 2. The van der Waals surface area contributed by atoms with Crippen LogP contribution in [0.4, 0.5) is 0 Å². The van der Waals surface area contributed by atoms with Gasteiger partial charge in [0.25, 0.3) is 0 Å². The van der Waals surface area contributed by atoms with Gasteiger partial charge in [-0.25, -0.2) is 0 Å². The van der Waals surface area contributed by atoms with Gasteiger partial charge in [-0.1, -0.05) is 181 Å². The first-order valence-electron chi connectivity index (χ1n) is 17.7. The van der Waals surface area contributed by atoms with E-state index in [2.05, 4.69) is 13.8 Å². The molecule has 2 atom stereocenters. The van der Waals surface area contributed by atoms with E-state index in [4.69, 9.17) is 0 Å². The smallest absolute Gasteiger partial charge is 0.119 e. The first kappa shape index (κ1) is 37.3. The number of hydrogen-bond donors (Lipinski definition) is 0. The van der Waals surface area contributed by atoms with Crippen LogP contribution >= 0.6 is 0 Å². The molecule has 0 N–H and O–H groups in total. The van der Waals surface area contributed by atoms with Gasteiger partial charge in [0.1, 0.15) is 12.6 Å². The molecule has 38 heavy (non-hydrogen) atoms. The van der Waals surface area contributed by atoms with Crippen LogP contribution in [0.3, 0.4) is 0 Å². The maximum atomic E-state index is 10.6. The van der Waals surface area contributed by atoms with Gasteiger partial charge in [-0.3, -0.25) is 0 Å². The summed E-state index contributed by atoms with van der Waals surface area (Å²) in [5, 5.41) is 0. The summed E-state index contributed by atoms with van der Waals surface area (Å²) >= 11 is 0. The molecule has 0 aliphatic rings. The van der Waals surface area contributed by atoms with E-state index in [0.717, 1.165) is 50.1 Å². The van der Waals surface area contributed by atoms with E-state index in [0.29, 0.717) is 0 Å². The van der Waals surface area contributed by atoms with Crippen LogP contribution < -0.4 is 0 Å². The molecule has 0 amide bonds. The van der Waals surface area contributed by atoms with Crippen LogP contribution in [0.2, 0.25) is 0 Å². The third-order valence-corrected chi connectivity index (χ3v) is 8.82. The Morgan fingerprint density at radius 2 is 0.579 bits per heavy atom. The summed E-state index contributed by atoms with van der Waals surface area (Å²) in [7, 11) is 0. The maximum Gasteiger partial charge on any atom is 0.119 e. The van der Waals surface area contributed by atoms with Gasteiger partial charge in [0.15, 0.2) is 0 Å². The van der Waals surface area contributed by atoms with Crippen LogP contribution in [0, 0.1) is 11.8 Å². The molecule has 0 spiro atoms. The minimum Gasteiger partial charge on any atom is -0.303 e. The van der Waals surface area contributed by atoms with Crippen molar-refractivity contribution in [3.63, 3.8) is 0 Å². The summed E-state index contributed by atoms with van der Waals surface area (Å²) in [5.74, 6) is 1.85. The van der Waals surface area contributed by atoms with E-state index in [1.165, 1.54) is 167 Å². The van der Waals surface area contributed by atoms with Gasteiger partial charge in [-0.2, -0.15) is 0 Å². The average Bonchev–Trinajstić information content (AvgIpc) is 2.93. The van der Waals surface area contributed by atoms with Crippen LogP contribution in [0.5, 0.6) is 0 Å². The maximum absolute atomic E-state index is 10.6. The van der Waals surface area contributed by atoms with E-state index in [1.807, 2.05) is 0 Å². The van der Waals surface area contributed by atoms with Crippen molar-refractivity contribution in [1.29, 1.82) is 0 Å². The monoisotopic (exact) mass is 535 g/mol. The quantitative estimate of drug-likeness (QED) is 0.0619. The summed E-state index contributed by atoms with van der Waals surface area (Å²) in [6.45, 7) is 4.62. The van der Waals surface area contributed by atoms with Crippen molar-refractivity contribution in [2.24, 2.45) is 11.8 Å². The second-order valence-electron chi connectivity index (χ2n) is 12.4. The van der Waals surface area contributed by atoms with Crippen molar-refractivity contribution in [3.8, 4) is 0 Å². The van der Waals surface area contributed by atoms with Gasteiger partial charge in [0, 0.05) is 12.8 Å². The van der Waals surface area contributed by atoms with Crippen LogP contribution in [0.25, 0.3) is 0 Å². The van der Waals surface area contributed by atoms with E-state index in [1.54, 1.807) is 0 Å². The van der Waals surface area contributed by atoms with Crippen molar-refractivity contribution in [3.05, 3.63) is 0 Å². The molecule has 0 heterocycles. The highest BCUT2D eigenvalue weighted by molar-refractivity contribution is 5.49. The van der Waals surface area contributed by atoms with E-state index in [-0.39, 0.29) is 0 Å². The first-order valence-corrected chi connectivity index (χ1v) is 17.7. The topological polar surface area (TPSA) is 34.1 Å². The Kier molecular flexibility index (Phi) is 32.0. The molecule has 2 heteroatoms. The van der Waals surface area contributed by atoms with Crippen LogP contribution in [-0.4, -0.2) is 12.6 Å². The number of carbonyl (C=O) groups is 2. The zero-order chi connectivity index (χ0) is 27.8. The SMILES string of the molecule is CCCCCCCCCC(CCCCCCCC=O)C(CCCCCCCC=O)CCCCCCCCC. The highest BCUT2D eigenvalue weighted by atomic mass is 16.1. The van der Waals surface area contributed by atoms with Gasteiger partial charge in [-0.05, 0) is 24.7 Å². The lowest BCUT2D eigenvalue weighted by atomic mass is 9.78. The van der Waals surface area contributed by atoms with Crippen molar-refractivity contribution in [1.82, 2.24) is 0 Å². The Bertz CT molecular complexity index is 418. The number of rotatable bonds is 33. The van der Waals surface area contributed by atoms with Crippen LogP contribution in [0.1, 0.15) is 206 Å². The zero-order valence-electron chi connectivity index (χ0n) is 26.3. The molecule has 0 aromatic carbocycles. The molecule has 226 valence electrons. The van der Waals surface area contributed by atoms with Crippen LogP contribution in [-0.2, 0) is 9.59 Å². The fourth-order valence-electron chi connectivity index (χ4n) is 6.29. The molecule has 0 saturated heterocycles. The normalized spacial score (nSPS) is 13.0. The Labute approximate surface area is 240 Å². The van der Waals surface area contributed by atoms with Gasteiger partial charge < -0.3 is 9.59 Å². The number of carbonyl (C=O) groups excluding carboxylic acids is 2. The molecule has 0 aromatic rings. The number of unbranched alkanes of at least 4 members (excludes halogenated alkanes) is 22. The molecule has 0 aromatic heterocycles. The van der Waals surface area contributed by atoms with Crippen LogP contribution in [0.15, 0.2) is 0 Å². The number of hydrogen-bond acceptors (Lipinski definition) is 2. The minimum absolute atomic E-state index is 0.747. The molecule has 2 unspecified atom stereocenters. The van der Waals surface area contributed by atoms with Crippen molar-refractivity contribution >= 4 is 12.6 Å². The average molecular weight is 535 g/mol. The second kappa shape index (κ2) is 32.6. The molecular weight excluding hydrogens is 464 g/mol. The summed E-state index contributed by atoms with van der Waals surface area (Å²) in [4.78, 5) is 21.2. The predicted octanol–water partition coefficient (Wildman–Crippen LogP) is 12.4. The second-order valence-corrected chi connectivity index (χ2v) is 12.4. The summed E-state index contributed by atoms with van der Waals surface area (Å²) in [6, 6.07) is 0. The van der Waals surface area contributed by atoms with Gasteiger partial charge in [0.05, 0.1) is 0 Å². The van der Waals surface area contributed by atoms with E-state index < -0.39 is 0 Å². The summed E-state index contributed by atoms with van der Waals surface area (Å²) in [5.41, 5.74) is 0. The highest BCUT2D eigenvalue weighted by Crippen LogP contribution is 2.33. The lowest BCUT2D eigenvalue weighted by Crippen LogP contribution is -2.16. The summed E-state index contributed by atoms with van der Waals surface area (Å²) in [6.07, 6.45) is 42.0. The van der Waals surface area contributed by atoms with E-state index >= 15 is 0 Å². The zero-order valence-corrected chi connectivity index (χ0v) is 26.3. The molecule has 0 aliphatic carbocycles. The standard InChI is InChI=1S/C36H70O2/c1-3-5-7-9-11-17-23-29-35(31-25-19-13-15-21-27-33-37)36(30-24-18-12-10-8-6-4-2)32-26-20-14-16-22-28-34-38/h33-36H,3-32H2,1-2H3. The molecule has 0 rings (SSSR count). The van der Waals surface area contributed by atoms with E-state index in [9.17, 15) is 9.59 Å². The lowest BCUT2D eigenvalue weighted by Gasteiger charge is -2.28. The predicted molar refractivity (Wildman–Crippen MR) is 169 cm³/mol. The first-order chi connectivity index (χ1) is 18.8. The van der Waals surface area contributed by atoms with Gasteiger partial charge in [-0.15, -0.1) is 0 Å². The Morgan fingerprint density at radius 1 is 0.342 bits per heavy atom. The fraction of sp³-hybridized carbons (Fsp3) is 0.944. The molecule has 0 saturated carbocycles. The lowest BCUT2D eigenvalue weighted by molar-refractivity contribution is -0.108. The van der Waals surface area contributed by atoms with Crippen molar-refractivity contribution < 1.29 is 9.59 Å². The Balaban J connectivity index is 4.73. The minimum atomic E-state index is 0.747. The molecule has 0 radical (unpaired) electrons. The summed E-state index contributed by atoms with van der Waals surface area (Å²) < 4.78 is 0. The van der Waals surface area contributed by atoms with Gasteiger partial charge >= 0.3 is 0 Å². The molecule has 2 nitrogen and oxygen atoms in total. The van der Waals surface area contributed by atoms with Crippen molar-refractivity contribution in [2.45, 2.75) is 206 Å². The third kappa shape index (κ3) is 26.9. The highest BCUT2D eigenvalue weighted by Gasteiger charge is 2.20. The Hall–Kier alpha value is -0.660. The molecule has 0 aliphatic heterocycles. The largest absolute Gasteiger partial charge is 0.303 e.